The van der Waals surface area contributed by atoms with Crippen molar-refractivity contribution in [2.45, 2.75) is 64.2 Å². The first-order chi connectivity index (χ1) is 16.6. The smallest absolute Gasteiger partial charge is 0.226 e. The van der Waals surface area contributed by atoms with Gasteiger partial charge in [0.25, 0.3) is 0 Å². The van der Waals surface area contributed by atoms with E-state index in [9.17, 15) is 9.59 Å². The lowest BCUT2D eigenvalue weighted by atomic mass is 9.96. The zero-order valence-electron chi connectivity index (χ0n) is 19.5. The van der Waals surface area contributed by atoms with Gasteiger partial charge in [0.15, 0.2) is 0 Å². The number of nitrogens with one attached hydrogen (secondary N) is 4. The molecule has 0 saturated carbocycles. The second-order valence-electron chi connectivity index (χ2n) is 9.14. The van der Waals surface area contributed by atoms with Crippen molar-refractivity contribution in [3.63, 3.8) is 0 Å². The molecule has 0 spiro atoms. The highest BCUT2D eigenvalue weighted by Crippen LogP contribution is 2.22. The number of anilines is 2. The van der Waals surface area contributed by atoms with Crippen LogP contribution in [0.4, 0.5) is 10.3 Å². The molecule has 2 atom stereocenters. The van der Waals surface area contributed by atoms with E-state index in [4.69, 9.17) is 0 Å². The molecule has 12 heteroatoms. The first kappa shape index (κ1) is 25.1. The number of nitrogens with zero attached hydrogens (tertiary/aromatic N) is 4. The first-order valence-corrected chi connectivity index (χ1v) is 13.9. The molecule has 0 aliphatic carbocycles. The summed E-state index contributed by atoms with van der Waals surface area (Å²) in [5.74, 6) is 0.853. The maximum Gasteiger partial charge on any atom is 0.226 e. The lowest BCUT2D eigenvalue weighted by molar-refractivity contribution is -0.118. The Morgan fingerprint density at radius 3 is 1.65 bits per heavy atom. The highest BCUT2D eigenvalue weighted by Gasteiger charge is 2.19. The minimum Gasteiger partial charge on any atom is -0.316 e. The Labute approximate surface area is 208 Å². The summed E-state index contributed by atoms with van der Waals surface area (Å²) in [6.07, 6.45) is 9.06. The fourth-order valence-electron chi connectivity index (χ4n) is 4.42. The molecule has 34 heavy (non-hydrogen) atoms. The van der Waals surface area contributed by atoms with Gasteiger partial charge < -0.3 is 21.3 Å². The normalized spacial score (nSPS) is 20.7. The predicted octanol–water partition coefficient (Wildman–Crippen LogP) is 2.61. The van der Waals surface area contributed by atoms with Crippen molar-refractivity contribution in [3.05, 3.63) is 10.0 Å². The minimum absolute atomic E-state index is 0.0194. The summed E-state index contributed by atoms with van der Waals surface area (Å²) in [7, 11) is 0. The number of carbonyl (C=O) groups is 2. The maximum absolute atomic E-state index is 12.2. The molecular weight excluding hydrogens is 472 g/mol. The fourth-order valence-corrected chi connectivity index (χ4v) is 6.02. The number of carbonyl (C=O) groups excluding carboxylic acids is 2. The monoisotopic (exact) mass is 506 g/mol. The van der Waals surface area contributed by atoms with Crippen molar-refractivity contribution in [1.29, 1.82) is 0 Å². The summed E-state index contributed by atoms with van der Waals surface area (Å²) in [4.78, 5) is 24.5. The number of hydrogen-bond acceptors (Lipinski definition) is 10. The predicted molar refractivity (Wildman–Crippen MR) is 134 cm³/mol. The van der Waals surface area contributed by atoms with E-state index in [1.807, 2.05) is 0 Å². The molecule has 10 nitrogen and oxygen atoms in total. The first-order valence-electron chi connectivity index (χ1n) is 12.3. The second-order valence-corrected chi connectivity index (χ2v) is 11.3. The largest absolute Gasteiger partial charge is 0.316 e. The standard InChI is InChI=1S/C22H34N8O2S2/c31-17(11-15-5-3-9-23-13-15)25-21-29-27-19(33-21)7-1-2-8-20-28-30-22(34-20)26-18(32)12-16-6-4-10-24-14-16/h15-16,23-24H,1-14H2,(H,25,29,31)(H,26,30,32). The minimum atomic E-state index is 0.0194. The Balaban J connectivity index is 1.11. The molecule has 0 radical (unpaired) electrons. The zero-order valence-corrected chi connectivity index (χ0v) is 21.1. The van der Waals surface area contributed by atoms with Crippen LogP contribution < -0.4 is 21.3 Å². The van der Waals surface area contributed by atoms with Crippen LogP contribution in [-0.4, -0.2) is 58.4 Å². The molecule has 4 rings (SSSR count). The number of rotatable bonds is 11. The van der Waals surface area contributed by atoms with Gasteiger partial charge in [-0.25, -0.2) is 0 Å². The maximum atomic E-state index is 12.2. The second kappa shape index (κ2) is 13.2. The molecule has 2 saturated heterocycles. The Hall–Kier alpha value is -2.02. The van der Waals surface area contributed by atoms with Gasteiger partial charge in [-0.3, -0.25) is 9.59 Å². The van der Waals surface area contributed by atoms with Crippen LogP contribution in [0.1, 0.15) is 61.4 Å². The summed E-state index contributed by atoms with van der Waals surface area (Å²) >= 11 is 2.89. The van der Waals surface area contributed by atoms with Gasteiger partial charge in [-0.2, -0.15) is 0 Å². The third-order valence-corrected chi connectivity index (χ3v) is 8.00. The van der Waals surface area contributed by atoms with Crippen molar-refractivity contribution in [3.8, 4) is 0 Å². The molecular formula is C22H34N8O2S2. The van der Waals surface area contributed by atoms with Crippen LogP contribution in [0.2, 0.25) is 0 Å². The van der Waals surface area contributed by atoms with Gasteiger partial charge in [0.05, 0.1) is 0 Å². The third kappa shape index (κ3) is 8.33. The summed E-state index contributed by atoms with van der Waals surface area (Å²) in [5.41, 5.74) is 0. The number of amides is 2. The molecule has 2 unspecified atom stereocenters. The SMILES string of the molecule is O=C(CC1CCCNC1)Nc1nnc(CCCCc2nnc(NC(=O)CC3CCCNC3)s2)s1. The average Bonchev–Trinajstić information content (AvgIpc) is 3.47. The van der Waals surface area contributed by atoms with Gasteiger partial charge >= 0.3 is 0 Å². The summed E-state index contributed by atoms with van der Waals surface area (Å²) < 4.78 is 0. The van der Waals surface area contributed by atoms with Crippen molar-refractivity contribution in [2.75, 3.05) is 36.8 Å². The molecule has 0 bridgehead atoms. The van der Waals surface area contributed by atoms with Crippen molar-refractivity contribution >= 4 is 44.8 Å². The molecule has 2 aromatic heterocycles. The highest BCUT2D eigenvalue weighted by atomic mass is 32.1. The molecule has 186 valence electrons. The molecule has 4 N–H and O–H groups in total. The molecule has 4 heterocycles. The van der Waals surface area contributed by atoms with E-state index in [-0.39, 0.29) is 11.8 Å². The average molecular weight is 507 g/mol. The van der Waals surface area contributed by atoms with Crippen LogP contribution >= 0.6 is 22.7 Å². The Bertz CT molecular complexity index is 847. The van der Waals surface area contributed by atoms with E-state index in [2.05, 4.69) is 41.7 Å². The van der Waals surface area contributed by atoms with E-state index in [1.165, 1.54) is 22.7 Å². The molecule has 2 aromatic rings. The number of piperidine rings is 2. The zero-order chi connectivity index (χ0) is 23.6. The van der Waals surface area contributed by atoms with Crippen LogP contribution in [-0.2, 0) is 22.4 Å². The van der Waals surface area contributed by atoms with Crippen molar-refractivity contribution in [2.24, 2.45) is 11.8 Å². The van der Waals surface area contributed by atoms with Crippen molar-refractivity contribution < 1.29 is 9.59 Å². The number of aromatic nitrogens is 4. The quantitative estimate of drug-likeness (QED) is 0.342. The van der Waals surface area contributed by atoms with Gasteiger partial charge in [0.2, 0.25) is 22.1 Å². The van der Waals surface area contributed by atoms with Gasteiger partial charge in [-0.1, -0.05) is 22.7 Å². The fraction of sp³-hybridized carbons (Fsp3) is 0.727. The van der Waals surface area contributed by atoms with Crippen LogP contribution in [0.5, 0.6) is 0 Å². The van der Waals surface area contributed by atoms with Gasteiger partial charge in [0, 0.05) is 25.7 Å². The Morgan fingerprint density at radius 1 is 0.765 bits per heavy atom. The third-order valence-electron chi connectivity index (χ3n) is 6.20. The van der Waals surface area contributed by atoms with E-state index in [0.717, 1.165) is 87.6 Å². The molecule has 2 aliphatic rings. The van der Waals surface area contributed by atoms with E-state index >= 15 is 0 Å². The summed E-state index contributed by atoms with van der Waals surface area (Å²) in [5, 5.41) is 32.1. The summed E-state index contributed by atoms with van der Waals surface area (Å²) in [6.45, 7) is 3.92. The summed E-state index contributed by atoms with van der Waals surface area (Å²) in [6, 6.07) is 0. The van der Waals surface area contributed by atoms with E-state index < -0.39 is 0 Å². The van der Waals surface area contributed by atoms with Gasteiger partial charge in [-0.05, 0) is 76.5 Å². The van der Waals surface area contributed by atoms with Crippen molar-refractivity contribution in [1.82, 2.24) is 31.0 Å². The van der Waals surface area contributed by atoms with Crippen LogP contribution in [0.25, 0.3) is 0 Å². The lowest BCUT2D eigenvalue weighted by Gasteiger charge is -2.21. The molecule has 0 aromatic carbocycles. The molecule has 2 aliphatic heterocycles. The number of hydrogen-bond donors (Lipinski definition) is 4. The lowest BCUT2D eigenvalue weighted by Crippen LogP contribution is -2.32. The number of aryl methyl sites for hydroxylation is 2. The van der Waals surface area contributed by atoms with Crippen LogP contribution in [0.3, 0.4) is 0 Å². The molecule has 2 amide bonds. The van der Waals surface area contributed by atoms with Gasteiger partial charge in [0.1, 0.15) is 10.0 Å². The van der Waals surface area contributed by atoms with Gasteiger partial charge in [-0.15, -0.1) is 20.4 Å². The Kier molecular flexibility index (Phi) is 9.72. The topological polar surface area (TPSA) is 134 Å². The van der Waals surface area contributed by atoms with E-state index in [1.54, 1.807) is 0 Å². The Morgan fingerprint density at radius 2 is 1.24 bits per heavy atom. The van der Waals surface area contributed by atoms with Crippen LogP contribution in [0.15, 0.2) is 0 Å². The van der Waals surface area contributed by atoms with E-state index in [0.29, 0.717) is 34.9 Å². The molecule has 2 fully saturated rings. The number of unbranched alkanes of at least 4 members (excludes halogenated alkanes) is 1. The highest BCUT2D eigenvalue weighted by molar-refractivity contribution is 7.15. The van der Waals surface area contributed by atoms with Crippen LogP contribution in [0, 0.1) is 11.8 Å².